The van der Waals surface area contributed by atoms with E-state index >= 15 is 0 Å². The molecule has 4 heteroatoms. The molecule has 0 aliphatic heterocycles. The minimum Gasteiger partial charge on any atom is -0.374 e. The maximum atomic E-state index is 11.9. The highest BCUT2D eigenvalue weighted by molar-refractivity contribution is 5.13. The lowest BCUT2D eigenvalue weighted by Gasteiger charge is -2.35. The first-order chi connectivity index (χ1) is 8.74. The third-order valence-corrected chi connectivity index (χ3v) is 3.25. The summed E-state index contributed by atoms with van der Waals surface area (Å²) in [6, 6.07) is 10.1. The Hall–Kier alpha value is -1.00. The first-order valence-electron chi connectivity index (χ1n) is 6.38. The van der Waals surface area contributed by atoms with E-state index in [0.29, 0.717) is 25.2 Å². The molecule has 1 fully saturated rings. The van der Waals surface area contributed by atoms with E-state index in [1.54, 1.807) is 0 Å². The topological polar surface area (TPSA) is 21.3 Å². The van der Waals surface area contributed by atoms with Crippen molar-refractivity contribution in [3.63, 3.8) is 0 Å². The van der Waals surface area contributed by atoms with Crippen LogP contribution in [0.4, 0.5) is 8.78 Å². The highest BCUT2D eigenvalue weighted by atomic mass is 19.3. The van der Waals surface area contributed by atoms with Gasteiger partial charge >= 0.3 is 0 Å². The lowest BCUT2D eigenvalue weighted by molar-refractivity contribution is -0.0400. The molecular formula is C14H19F2NO. The van der Waals surface area contributed by atoms with Gasteiger partial charge in [-0.15, -0.1) is 0 Å². The Morgan fingerprint density at radius 1 is 1.22 bits per heavy atom. The van der Waals surface area contributed by atoms with Gasteiger partial charge in [0.25, 0.3) is 6.43 Å². The monoisotopic (exact) mass is 255 g/mol. The zero-order chi connectivity index (χ0) is 12.8. The fraction of sp³-hybridized carbons (Fsp3) is 0.571. The van der Waals surface area contributed by atoms with Crippen LogP contribution in [0, 0.1) is 5.92 Å². The van der Waals surface area contributed by atoms with Gasteiger partial charge in [-0.3, -0.25) is 0 Å². The van der Waals surface area contributed by atoms with Crippen molar-refractivity contribution < 1.29 is 13.5 Å². The Kier molecular flexibility index (Phi) is 5.08. The molecule has 0 saturated heterocycles. The predicted octanol–water partition coefficient (Wildman–Crippen LogP) is 2.84. The Labute approximate surface area is 106 Å². The zero-order valence-corrected chi connectivity index (χ0v) is 10.3. The summed E-state index contributed by atoms with van der Waals surface area (Å²) in [6.07, 6.45) is -0.00894. The number of benzene rings is 1. The summed E-state index contributed by atoms with van der Waals surface area (Å²) in [4.78, 5) is 0. The van der Waals surface area contributed by atoms with E-state index in [1.165, 1.54) is 5.56 Å². The maximum Gasteiger partial charge on any atom is 0.250 e. The zero-order valence-electron chi connectivity index (χ0n) is 10.3. The standard InChI is InChI=1S/C14H19F2NO/c15-14(16)9-17-8-12-6-13(7-12)18-10-11-4-2-1-3-5-11/h1-5,12-14,17H,6-10H2. The van der Waals surface area contributed by atoms with Crippen LogP contribution in [0.15, 0.2) is 30.3 Å². The number of hydrogen-bond donors (Lipinski definition) is 1. The molecule has 0 amide bonds. The minimum absolute atomic E-state index is 0.202. The average molecular weight is 255 g/mol. The molecule has 1 saturated carbocycles. The molecule has 0 aromatic heterocycles. The van der Waals surface area contributed by atoms with Crippen molar-refractivity contribution in [2.45, 2.75) is 32.0 Å². The van der Waals surface area contributed by atoms with Gasteiger partial charge in [0.05, 0.1) is 19.3 Å². The molecule has 1 aliphatic carbocycles. The maximum absolute atomic E-state index is 11.9. The summed E-state index contributed by atoms with van der Waals surface area (Å²) in [6.45, 7) is 1.12. The van der Waals surface area contributed by atoms with Crippen LogP contribution in [0.3, 0.4) is 0 Å². The van der Waals surface area contributed by atoms with E-state index in [9.17, 15) is 8.78 Å². The molecule has 1 aromatic rings. The van der Waals surface area contributed by atoms with Gasteiger partial charge in [0.15, 0.2) is 0 Å². The molecule has 0 atom stereocenters. The second-order valence-corrected chi connectivity index (χ2v) is 4.81. The van der Waals surface area contributed by atoms with Crippen molar-refractivity contribution in [2.24, 2.45) is 5.92 Å². The molecule has 1 aromatic carbocycles. The molecule has 0 unspecified atom stereocenters. The van der Waals surface area contributed by atoms with Crippen molar-refractivity contribution in [3.05, 3.63) is 35.9 Å². The SMILES string of the molecule is FC(F)CNCC1CC(OCc2ccccc2)C1. The molecular weight excluding hydrogens is 236 g/mol. The number of hydrogen-bond acceptors (Lipinski definition) is 2. The summed E-state index contributed by atoms with van der Waals surface area (Å²) >= 11 is 0. The molecule has 0 spiro atoms. The number of rotatable bonds is 7. The van der Waals surface area contributed by atoms with Gasteiger partial charge in [0, 0.05) is 0 Å². The van der Waals surface area contributed by atoms with Crippen molar-refractivity contribution in [1.29, 1.82) is 0 Å². The normalized spacial score (nSPS) is 23.1. The summed E-state index contributed by atoms with van der Waals surface area (Å²) in [5, 5.41) is 2.78. The lowest BCUT2D eigenvalue weighted by atomic mass is 9.82. The summed E-state index contributed by atoms with van der Waals surface area (Å²) < 4.78 is 29.6. The molecule has 18 heavy (non-hydrogen) atoms. The van der Waals surface area contributed by atoms with Gasteiger partial charge in [-0.25, -0.2) is 8.78 Å². The van der Waals surface area contributed by atoms with Crippen LogP contribution in [0.2, 0.25) is 0 Å². The highest BCUT2D eigenvalue weighted by Gasteiger charge is 2.29. The third kappa shape index (κ3) is 4.35. The summed E-state index contributed by atoms with van der Waals surface area (Å²) in [5.41, 5.74) is 1.18. The van der Waals surface area contributed by atoms with E-state index in [0.717, 1.165) is 12.8 Å². The van der Waals surface area contributed by atoms with Crippen LogP contribution < -0.4 is 5.32 Å². The first-order valence-corrected chi connectivity index (χ1v) is 6.38. The van der Waals surface area contributed by atoms with Gasteiger partial charge in [-0.05, 0) is 30.9 Å². The molecule has 0 heterocycles. The highest BCUT2D eigenvalue weighted by Crippen LogP contribution is 2.30. The quantitative estimate of drug-likeness (QED) is 0.809. The van der Waals surface area contributed by atoms with E-state index in [2.05, 4.69) is 5.32 Å². The van der Waals surface area contributed by atoms with Crippen molar-refractivity contribution in [3.8, 4) is 0 Å². The van der Waals surface area contributed by atoms with Gasteiger partial charge < -0.3 is 10.1 Å². The first kappa shape index (κ1) is 13.4. The van der Waals surface area contributed by atoms with Crippen LogP contribution in [0.5, 0.6) is 0 Å². The minimum atomic E-state index is -2.25. The molecule has 100 valence electrons. The van der Waals surface area contributed by atoms with Crippen LogP contribution in [-0.4, -0.2) is 25.6 Å². The number of alkyl halides is 2. The van der Waals surface area contributed by atoms with E-state index in [-0.39, 0.29) is 6.54 Å². The molecule has 2 rings (SSSR count). The van der Waals surface area contributed by atoms with Crippen molar-refractivity contribution >= 4 is 0 Å². The van der Waals surface area contributed by atoms with Gasteiger partial charge in [-0.1, -0.05) is 30.3 Å². The number of halogens is 2. The predicted molar refractivity (Wildman–Crippen MR) is 66.6 cm³/mol. The Balaban J connectivity index is 1.54. The van der Waals surface area contributed by atoms with Gasteiger partial charge in [-0.2, -0.15) is 0 Å². The number of nitrogens with one attached hydrogen (secondary N) is 1. The van der Waals surface area contributed by atoms with Crippen LogP contribution in [0.1, 0.15) is 18.4 Å². The smallest absolute Gasteiger partial charge is 0.250 e. The fourth-order valence-electron chi connectivity index (χ4n) is 2.16. The molecule has 2 nitrogen and oxygen atoms in total. The van der Waals surface area contributed by atoms with Gasteiger partial charge in [0.2, 0.25) is 0 Å². The summed E-state index contributed by atoms with van der Waals surface area (Å²) in [7, 11) is 0. The third-order valence-electron chi connectivity index (χ3n) is 3.25. The second kappa shape index (κ2) is 6.81. The Bertz CT molecular complexity index is 339. The Morgan fingerprint density at radius 3 is 2.61 bits per heavy atom. The van der Waals surface area contributed by atoms with E-state index in [1.807, 2.05) is 30.3 Å². The van der Waals surface area contributed by atoms with Crippen molar-refractivity contribution in [2.75, 3.05) is 13.1 Å². The average Bonchev–Trinajstić information content (AvgIpc) is 2.32. The van der Waals surface area contributed by atoms with E-state index in [4.69, 9.17) is 4.74 Å². The lowest BCUT2D eigenvalue weighted by Crippen LogP contribution is -2.38. The summed E-state index contributed by atoms with van der Waals surface area (Å²) in [5.74, 6) is 0.490. The van der Waals surface area contributed by atoms with Crippen molar-refractivity contribution in [1.82, 2.24) is 5.32 Å². The molecule has 1 aliphatic rings. The van der Waals surface area contributed by atoms with Crippen LogP contribution in [-0.2, 0) is 11.3 Å². The van der Waals surface area contributed by atoms with Gasteiger partial charge in [0.1, 0.15) is 0 Å². The molecule has 0 bridgehead atoms. The largest absolute Gasteiger partial charge is 0.374 e. The second-order valence-electron chi connectivity index (χ2n) is 4.81. The van der Waals surface area contributed by atoms with Crippen LogP contribution in [0.25, 0.3) is 0 Å². The number of ether oxygens (including phenoxy) is 1. The molecule has 1 N–H and O–H groups in total. The fourth-order valence-corrected chi connectivity index (χ4v) is 2.16. The van der Waals surface area contributed by atoms with Crippen LogP contribution >= 0.6 is 0 Å². The van der Waals surface area contributed by atoms with E-state index < -0.39 is 6.43 Å². The Morgan fingerprint density at radius 2 is 1.94 bits per heavy atom. The molecule has 0 radical (unpaired) electrons.